The number of aromatic nitrogens is 4. The number of imidazole rings is 1. The van der Waals surface area contributed by atoms with Crippen molar-refractivity contribution < 1.29 is 0 Å². The molecular formula is C13H25Cl3N8. The molecule has 3 aliphatic rings. The van der Waals surface area contributed by atoms with Crippen LogP contribution in [-0.2, 0) is 0 Å². The minimum Gasteiger partial charge on any atom is -0.368 e. The van der Waals surface area contributed by atoms with E-state index in [1.807, 2.05) is 0 Å². The molecule has 8 nitrogen and oxygen atoms in total. The number of nitrogens with two attached hydrogens (primary N) is 2. The Kier molecular flexibility index (Phi) is 10.3. The van der Waals surface area contributed by atoms with Gasteiger partial charge in [-0.25, -0.2) is 9.97 Å². The van der Waals surface area contributed by atoms with Crippen LogP contribution in [0.1, 0.15) is 25.7 Å². The summed E-state index contributed by atoms with van der Waals surface area (Å²) in [6.07, 6.45) is 5.74. The standard InChI is InChI=1S/C13H22N8.3ClH/c14-5-6-16-11-10-12(18-7-17-10)21-13(20-11)19-9-3-1-8(15)2-4-9;;;/h7-9H,1-6,14-15H2,(H3,16,17,18,19,20,21);3*1H/t8-,9-;;;. The van der Waals surface area contributed by atoms with Crippen LogP contribution in [0, 0.1) is 0 Å². The number of hydrogen-bond donors (Lipinski definition) is 5. The molecule has 138 valence electrons. The molecule has 2 heterocycles. The van der Waals surface area contributed by atoms with Gasteiger partial charge in [-0.1, -0.05) is 0 Å². The van der Waals surface area contributed by atoms with E-state index in [-0.39, 0.29) is 37.2 Å². The monoisotopic (exact) mass is 398 g/mol. The number of aromatic amines is 1. The first kappa shape index (κ1) is 22.9. The highest BCUT2D eigenvalue weighted by atomic mass is 35.5. The van der Waals surface area contributed by atoms with Crippen LogP contribution in [0.5, 0.6) is 0 Å². The van der Waals surface area contributed by atoms with Gasteiger partial charge in [-0.2, -0.15) is 4.98 Å². The Morgan fingerprint density at radius 2 is 1.83 bits per heavy atom. The zero-order valence-corrected chi connectivity index (χ0v) is 15.6. The summed E-state index contributed by atoms with van der Waals surface area (Å²) in [6, 6.07) is 0.737. The molecule has 0 atom stereocenters. The molecule has 0 radical (unpaired) electrons. The van der Waals surface area contributed by atoms with Gasteiger partial charge in [0.2, 0.25) is 5.95 Å². The molecule has 11 heteroatoms. The van der Waals surface area contributed by atoms with Gasteiger partial charge in [0, 0.05) is 25.2 Å². The van der Waals surface area contributed by atoms with Crippen molar-refractivity contribution in [3.05, 3.63) is 6.33 Å². The molecule has 0 aromatic rings. The quantitative estimate of drug-likeness (QED) is 0.516. The van der Waals surface area contributed by atoms with E-state index in [1.165, 1.54) is 6.33 Å². The number of nitrogens with zero attached hydrogens (tertiary/aromatic N) is 3. The zero-order chi connectivity index (χ0) is 14.7. The van der Waals surface area contributed by atoms with Crippen molar-refractivity contribution in [3.8, 4) is 11.5 Å². The van der Waals surface area contributed by atoms with Crippen LogP contribution >= 0.6 is 37.2 Å². The van der Waals surface area contributed by atoms with Crippen molar-refractivity contribution in [1.29, 1.82) is 0 Å². The molecule has 0 amide bonds. The highest BCUT2D eigenvalue weighted by molar-refractivity contribution is 5.86. The van der Waals surface area contributed by atoms with Crippen LogP contribution in [0.4, 0.5) is 11.8 Å². The lowest BCUT2D eigenvalue weighted by Gasteiger charge is -2.27. The third kappa shape index (κ3) is 5.49. The Morgan fingerprint density at radius 3 is 2.50 bits per heavy atom. The second kappa shape index (κ2) is 10.7. The second-order valence-corrected chi connectivity index (χ2v) is 5.48. The number of fused-ring (bicyclic) bond motifs is 1. The molecule has 1 aliphatic carbocycles. The van der Waals surface area contributed by atoms with Crippen LogP contribution in [0.15, 0.2) is 6.33 Å². The van der Waals surface area contributed by atoms with Crippen LogP contribution in [0.2, 0.25) is 0 Å². The van der Waals surface area contributed by atoms with Gasteiger partial charge in [0.05, 0.1) is 0 Å². The summed E-state index contributed by atoms with van der Waals surface area (Å²) in [7, 11) is 0. The lowest BCUT2D eigenvalue weighted by Crippen LogP contribution is -2.33. The first-order valence-electron chi connectivity index (χ1n) is 7.43. The van der Waals surface area contributed by atoms with Gasteiger partial charge < -0.3 is 27.1 Å². The van der Waals surface area contributed by atoms with Crippen LogP contribution in [-0.4, -0.2) is 45.1 Å². The smallest absolute Gasteiger partial charge is 0.204 e. The summed E-state index contributed by atoms with van der Waals surface area (Å²) in [4.78, 5) is 16.1. The number of H-pyrrole nitrogens is 1. The fraction of sp³-hybridized carbons (Fsp3) is 0.615. The Morgan fingerprint density at radius 1 is 1.12 bits per heavy atom. The Balaban J connectivity index is 0.00000176. The molecule has 0 aromatic heterocycles. The maximum Gasteiger partial charge on any atom is 0.204 e. The van der Waals surface area contributed by atoms with Gasteiger partial charge in [0.25, 0.3) is 0 Å². The summed E-state index contributed by atoms with van der Waals surface area (Å²) < 4.78 is 0. The van der Waals surface area contributed by atoms with Gasteiger partial charge in [-0.05, 0) is 25.7 Å². The van der Waals surface area contributed by atoms with Gasteiger partial charge >= 0.3 is 0 Å². The summed E-state index contributed by atoms with van der Waals surface area (Å²) in [5, 5.41) is 6.66. The molecule has 3 rings (SSSR count). The topological polar surface area (TPSA) is 131 Å². The molecular weight excluding hydrogens is 375 g/mol. The van der Waals surface area contributed by atoms with E-state index in [0.717, 1.165) is 37.2 Å². The third-order valence-electron chi connectivity index (χ3n) is 3.84. The van der Waals surface area contributed by atoms with Gasteiger partial charge in [0.15, 0.2) is 5.82 Å². The number of hydrogen-bond acceptors (Lipinski definition) is 7. The van der Waals surface area contributed by atoms with Crippen molar-refractivity contribution in [2.24, 2.45) is 11.5 Å². The molecule has 0 aromatic carbocycles. The molecule has 0 bridgehead atoms. The molecule has 7 N–H and O–H groups in total. The zero-order valence-electron chi connectivity index (χ0n) is 13.2. The number of rotatable bonds is 5. The van der Waals surface area contributed by atoms with Crippen LogP contribution in [0.3, 0.4) is 0 Å². The number of nitrogens with one attached hydrogen (secondary N) is 3. The second-order valence-electron chi connectivity index (χ2n) is 5.48. The fourth-order valence-electron chi connectivity index (χ4n) is 2.68. The predicted molar refractivity (Wildman–Crippen MR) is 104 cm³/mol. The van der Waals surface area contributed by atoms with E-state index >= 15 is 0 Å². The molecule has 1 fully saturated rings. The third-order valence-corrected chi connectivity index (χ3v) is 3.84. The Labute approximate surface area is 159 Å². The predicted octanol–water partition coefficient (Wildman–Crippen LogP) is 1.62. The van der Waals surface area contributed by atoms with Crippen molar-refractivity contribution >= 4 is 49.0 Å². The highest BCUT2D eigenvalue weighted by Crippen LogP contribution is 2.26. The lowest BCUT2D eigenvalue weighted by molar-refractivity contribution is 0.410. The van der Waals surface area contributed by atoms with Crippen molar-refractivity contribution in [2.75, 3.05) is 23.7 Å². The Hall–Kier alpha value is -1.06. The van der Waals surface area contributed by atoms with Gasteiger partial charge in [-0.3, -0.25) is 0 Å². The molecule has 1 saturated carbocycles. The van der Waals surface area contributed by atoms with Gasteiger partial charge in [0.1, 0.15) is 17.8 Å². The van der Waals surface area contributed by atoms with E-state index in [9.17, 15) is 0 Å². The molecule has 2 aliphatic heterocycles. The van der Waals surface area contributed by atoms with Crippen LogP contribution < -0.4 is 22.1 Å². The summed E-state index contributed by atoms with van der Waals surface area (Å²) in [5.74, 6) is 2.14. The highest BCUT2D eigenvalue weighted by Gasteiger charge is 2.21. The minimum absolute atomic E-state index is 0. The fourth-order valence-corrected chi connectivity index (χ4v) is 2.68. The first-order chi connectivity index (χ1) is 10.3. The van der Waals surface area contributed by atoms with E-state index < -0.39 is 0 Å². The van der Waals surface area contributed by atoms with Crippen molar-refractivity contribution in [2.45, 2.75) is 37.8 Å². The van der Waals surface area contributed by atoms with Crippen LogP contribution in [0.25, 0.3) is 11.5 Å². The van der Waals surface area contributed by atoms with E-state index in [4.69, 9.17) is 11.5 Å². The summed E-state index contributed by atoms with van der Waals surface area (Å²) in [5.41, 5.74) is 12.2. The van der Waals surface area contributed by atoms with Crippen molar-refractivity contribution in [1.82, 2.24) is 19.9 Å². The largest absolute Gasteiger partial charge is 0.368 e. The normalized spacial score (nSPS) is 19.6. The average Bonchev–Trinajstić information content (AvgIpc) is 2.95. The van der Waals surface area contributed by atoms with Gasteiger partial charge in [-0.15, -0.1) is 37.2 Å². The molecule has 0 saturated heterocycles. The number of anilines is 2. The molecule has 0 spiro atoms. The average molecular weight is 400 g/mol. The molecule has 0 unspecified atom stereocenters. The molecule has 24 heavy (non-hydrogen) atoms. The maximum absolute atomic E-state index is 5.94. The summed E-state index contributed by atoms with van der Waals surface area (Å²) >= 11 is 0. The lowest BCUT2D eigenvalue weighted by atomic mass is 9.92. The SMILES string of the molecule is Cl.Cl.Cl.NCCNc1[nH]c(N[C@H]2CC[C@H](N)CC2)nc2ncnc1-2. The van der Waals surface area contributed by atoms with E-state index in [1.54, 1.807) is 0 Å². The van der Waals surface area contributed by atoms with E-state index in [0.29, 0.717) is 36.9 Å². The van der Waals surface area contributed by atoms with E-state index in [2.05, 4.69) is 30.6 Å². The Bertz CT molecular complexity index is 558. The minimum atomic E-state index is 0. The van der Waals surface area contributed by atoms with Crippen molar-refractivity contribution in [3.63, 3.8) is 0 Å². The first-order valence-corrected chi connectivity index (χ1v) is 7.43. The summed E-state index contributed by atoms with van der Waals surface area (Å²) in [6.45, 7) is 1.22. The number of halogens is 3. The maximum atomic E-state index is 5.94.